The molecule has 0 heterocycles. The maximum atomic E-state index is 12.4. The van der Waals surface area contributed by atoms with Gasteiger partial charge in [-0.1, -0.05) is 38.0 Å². The Balaban J connectivity index is 1.85. The second-order valence-corrected chi connectivity index (χ2v) is 7.72. The lowest BCUT2D eigenvalue weighted by atomic mass is 10.2. The van der Waals surface area contributed by atoms with E-state index in [1.807, 2.05) is 0 Å². The molecule has 31 heavy (non-hydrogen) atoms. The van der Waals surface area contributed by atoms with Gasteiger partial charge in [-0.05, 0) is 30.7 Å². The minimum absolute atomic E-state index is 0.111. The molecule has 2 N–H and O–H groups in total. The molecular formula is C23H28N2O5S. The molecule has 0 bridgehead atoms. The predicted octanol–water partition coefficient (Wildman–Crippen LogP) is 3.89. The van der Waals surface area contributed by atoms with E-state index in [-0.39, 0.29) is 24.2 Å². The van der Waals surface area contributed by atoms with Gasteiger partial charge in [-0.3, -0.25) is 9.59 Å². The molecule has 0 aliphatic carbocycles. The van der Waals surface area contributed by atoms with Gasteiger partial charge in [0.05, 0.1) is 18.4 Å². The van der Waals surface area contributed by atoms with Crippen LogP contribution < -0.4 is 15.4 Å². The summed E-state index contributed by atoms with van der Waals surface area (Å²) in [6, 6.07) is 13.9. The number of anilines is 1. The van der Waals surface area contributed by atoms with E-state index in [0.29, 0.717) is 28.4 Å². The van der Waals surface area contributed by atoms with Crippen molar-refractivity contribution in [2.24, 2.45) is 0 Å². The number of hydrogen-bond acceptors (Lipinski definition) is 6. The number of carbonyl (C=O) groups excluding carboxylic acids is 3. The van der Waals surface area contributed by atoms with E-state index in [1.165, 1.54) is 11.8 Å². The lowest BCUT2D eigenvalue weighted by Crippen LogP contribution is -2.29. The molecule has 166 valence electrons. The fraction of sp³-hybridized carbons (Fsp3) is 0.348. The van der Waals surface area contributed by atoms with Crippen LogP contribution in [-0.4, -0.2) is 43.8 Å². The van der Waals surface area contributed by atoms with Gasteiger partial charge in [0.1, 0.15) is 5.75 Å². The van der Waals surface area contributed by atoms with Crippen molar-refractivity contribution in [2.45, 2.75) is 31.1 Å². The highest BCUT2D eigenvalue weighted by molar-refractivity contribution is 8.00. The molecule has 0 aromatic heterocycles. The highest BCUT2D eigenvalue weighted by Gasteiger charge is 2.15. The summed E-state index contributed by atoms with van der Waals surface area (Å²) in [6.07, 6.45) is 3.00. The van der Waals surface area contributed by atoms with E-state index in [2.05, 4.69) is 17.6 Å². The van der Waals surface area contributed by atoms with E-state index in [0.717, 1.165) is 19.3 Å². The predicted molar refractivity (Wildman–Crippen MR) is 122 cm³/mol. The van der Waals surface area contributed by atoms with E-state index in [4.69, 9.17) is 9.47 Å². The van der Waals surface area contributed by atoms with Gasteiger partial charge in [0.15, 0.2) is 6.61 Å². The third-order valence-corrected chi connectivity index (χ3v) is 5.33. The van der Waals surface area contributed by atoms with Gasteiger partial charge in [0.2, 0.25) is 5.91 Å². The first kappa shape index (κ1) is 24.3. The van der Waals surface area contributed by atoms with Crippen molar-refractivity contribution in [2.75, 3.05) is 31.3 Å². The normalized spacial score (nSPS) is 10.3. The average molecular weight is 445 g/mol. The number of esters is 1. The molecule has 0 aliphatic rings. The van der Waals surface area contributed by atoms with Crippen molar-refractivity contribution in [1.29, 1.82) is 0 Å². The minimum Gasteiger partial charge on any atom is -0.497 e. The van der Waals surface area contributed by atoms with Gasteiger partial charge in [-0.2, -0.15) is 0 Å². The fourth-order valence-electron chi connectivity index (χ4n) is 2.67. The smallest absolute Gasteiger partial charge is 0.339 e. The van der Waals surface area contributed by atoms with Gasteiger partial charge in [-0.15, -0.1) is 11.8 Å². The number of unbranched alkanes of at least 4 members (excludes halogenated alkanes) is 2. The number of rotatable bonds is 12. The lowest BCUT2D eigenvalue weighted by molar-refractivity contribution is -0.124. The maximum absolute atomic E-state index is 12.4. The van der Waals surface area contributed by atoms with Crippen molar-refractivity contribution >= 4 is 35.2 Å². The molecule has 0 radical (unpaired) electrons. The van der Waals surface area contributed by atoms with Gasteiger partial charge in [-0.25, -0.2) is 4.79 Å². The zero-order valence-electron chi connectivity index (χ0n) is 17.8. The van der Waals surface area contributed by atoms with E-state index in [1.54, 1.807) is 55.6 Å². The lowest BCUT2D eigenvalue weighted by Gasteiger charge is -2.10. The first-order valence-corrected chi connectivity index (χ1v) is 11.1. The summed E-state index contributed by atoms with van der Waals surface area (Å²) in [7, 11) is 1.56. The van der Waals surface area contributed by atoms with Crippen LogP contribution in [0, 0.1) is 0 Å². The Morgan fingerprint density at radius 2 is 1.81 bits per heavy atom. The van der Waals surface area contributed by atoms with Gasteiger partial charge in [0.25, 0.3) is 5.91 Å². The molecule has 0 atom stereocenters. The second kappa shape index (κ2) is 13.3. The number of amides is 2. The summed E-state index contributed by atoms with van der Waals surface area (Å²) < 4.78 is 10.3. The molecule has 7 nitrogen and oxygen atoms in total. The van der Waals surface area contributed by atoms with Crippen LogP contribution in [0.4, 0.5) is 5.69 Å². The molecule has 0 fully saturated rings. The van der Waals surface area contributed by atoms with E-state index < -0.39 is 5.97 Å². The monoisotopic (exact) mass is 444 g/mol. The topological polar surface area (TPSA) is 93.7 Å². The molecule has 0 unspecified atom stereocenters. The van der Waals surface area contributed by atoms with Crippen LogP contribution in [0.1, 0.15) is 36.5 Å². The summed E-state index contributed by atoms with van der Waals surface area (Å²) in [5.41, 5.74) is 0.947. The third kappa shape index (κ3) is 8.72. The molecule has 0 aliphatic heterocycles. The third-order valence-electron chi connectivity index (χ3n) is 4.26. The van der Waals surface area contributed by atoms with Gasteiger partial charge < -0.3 is 20.1 Å². The number of thioether (sulfide) groups is 1. The van der Waals surface area contributed by atoms with Gasteiger partial charge in [0, 0.05) is 23.2 Å². The summed E-state index contributed by atoms with van der Waals surface area (Å²) in [5, 5.41) is 5.52. The molecule has 2 amide bonds. The molecule has 0 saturated heterocycles. The first-order valence-electron chi connectivity index (χ1n) is 10.1. The second-order valence-electron chi connectivity index (χ2n) is 6.70. The highest BCUT2D eigenvalue weighted by atomic mass is 32.2. The number of methoxy groups -OCH3 is 1. The van der Waals surface area contributed by atoms with Crippen LogP contribution in [0.15, 0.2) is 53.4 Å². The highest BCUT2D eigenvalue weighted by Crippen LogP contribution is 2.24. The van der Waals surface area contributed by atoms with E-state index in [9.17, 15) is 14.4 Å². The molecule has 8 heteroatoms. The Bertz CT molecular complexity index is 888. The molecule has 2 aromatic carbocycles. The number of hydrogen-bond donors (Lipinski definition) is 2. The van der Waals surface area contributed by atoms with Crippen LogP contribution in [0.25, 0.3) is 0 Å². The van der Waals surface area contributed by atoms with Crippen molar-refractivity contribution in [1.82, 2.24) is 5.32 Å². The Morgan fingerprint density at radius 3 is 2.58 bits per heavy atom. The maximum Gasteiger partial charge on any atom is 0.339 e. The van der Waals surface area contributed by atoms with Crippen LogP contribution in [0.2, 0.25) is 0 Å². The Kier molecular flexibility index (Phi) is 10.4. The van der Waals surface area contributed by atoms with Crippen LogP contribution >= 0.6 is 11.8 Å². The molecule has 0 saturated carbocycles. The first-order chi connectivity index (χ1) is 15.0. The number of ether oxygens (including phenoxy) is 2. The summed E-state index contributed by atoms with van der Waals surface area (Å²) in [4.78, 5) is 37.1. The zero-order chi connectivity index (χ0) is 22.5. The average Bonchev–Trinajstić information content (AvgIpc) is 2.79. The summed E-state index contributed by atoms with van der Waals surface area (Å²) in [6.45, 7) is 2.32. The quantitative estimate of drug-likeness (QED) is 0.293. The molecule has 2 aromatic rings. The minimum atomic E-state index is -0.597. The SMILES string of the molecule is CCCCCNC(=O)COC(=O)c1ccccc1SCC(=O)Nc1cccc(OC)c1. The Morgan fingerprint density at radius 1 is 1.00 bits per heavy atom. The van der Waals surface area contributed by atoms with Crippen molar-refractivity contribution in [3.05, 3.63) is 54.1 Å². The molecule has 2 rings (SSSR count). The fourth-order valence-corrected chi connectivity index (χ4v) is 3.51. The Hall–Kier alpha value is -3.00. The van der Waals surface area contributed by atoms with Crippen LogP contribution in [0.5, 0.6) is 5.75 Å². The number of carbonyl (C=O) groups is 3. The standard InChI is InChI=1S/C23H28N2O5S/c1-3-4-7-13-24-21(26)15-30-23(28)19-11-5-6-12-20(19)31-16-22(27)25-17-9-8-10-18(14-17)29-2/h5-6,8-12,14H,3-4,7,13,15-16H2,1-2H3,(H,24,26)(H,25,27). The van der Waals surface area contributed by atoms with Crippen LogP contribution in [-0.2, 0) is 14.3 Å². The molecular weight excluding hydrogens is 416 g/mol. The van der Waals surface area contributed by atoms with Crippen molar-refractivity contribution < 1.29 is 23.9 Å². The Labute approximate surface area is 186 Å². The number of benzene rings is 2. The van der Waals surface area contributed by atoms with E-state index >= 15 is 0 Å². The number of nitrogens with one attached hydrogen (secondary N) is 2. The largest absolute Gasteiger partial charge is 0.497 e. The zero-order valence-corrected chi connectivity index (χ0v) is 18.6. The van der Waals surface area contributed by atoms with Crippen LogP contribution in [0.3, 0.4) is 0 Å². The van der Waals surface area contributed by atoms with Crippen molar-refractivity contribution in [3.8, 4) is 5.75 Å². The molecule has 0 spiro atoms. The van der Waals surface area contributed by atoms with Crippen molar-refractivity contribution in [3.63, 3.8) is 0 Å². The summed E-state index contributed by atoms with van der Waals surface area (Å²) >= 11 is 1.22. The van der Waals surface area contributed by atoms with Gasteiger partial charge >= 0.3 is 5.97 Å². The summed E-state index contributed by atoms with van der Waals surface area (Å²) in [5.74, 6) is -0.382.